The van der Waals surface area contributed by atoms with Crippen LogP contribution in [0, 0.1) is 6.92 Å². The van der Waals surface area contributed by atoms with Crippen LogP contribution in [-0.2, 0) is 16.0 Å². The lowest BCUT2D eigenvalue weighted by Crippen LogP contribution is -2.29. The van der Waals surface area contributed by atoms with Crippen LogP contribution in [0.25, 0.3) is 16.0 Å². The Morgan fingerprint density at radius 1 is 1.07 bits per heavy atom. The zero-order valence-corrected chi connectivity index (χ0v) is 24.8. The third kappa shape index (κ3) is 4.87. The Balaban J connectivity index is 1.53. The number of aromatic nitrogens is 1. The first-order valence-corrected chi connectivity index (χ1v) is 15.0. The molecule has 0 bridgehead atoms. The third-order valence-electron chi connectivity index (χ3n) is 7.40. The highest BCUT2D eigenvalue weighted by Crippen LogP contribution is 2.46. The van der Waals surface area contributed by atoms with Crippen molar-refractivity contribution in [3.05, 3.63) is 82.4 Å². The zero-order valence-electron chi connectivity index (χ0n) is 24.0. The average Bonchev–Trinajstić information content (AvgIpc) is 3.63. The molecule has 1 fully saturated rings. The van der Waals surface area contributed by atoms with Crippen LogP contribution in [0.4, 0.5) is 5.13 Å². The molecule has 6 rings (SSSR count). The molecule has 0 radical (unpaired) electrons. The Bertz CT molecular complexity index is 1740. The summed E-state index contributed by atoms with van der Waals surface area (Å²) < 4.78 is 18.5. The number of fused-ring (bicyclic) bond motifs is 2. The van der Waals surface area contributed by atoms with Gasteiger partial charge in [-0.1, -0.05) is 30.4 Å². The largest absolute Gasteiger partial charge is 0.507 e. The van der Waals surface area contributed by atoms with Crippen molar-refractivity contribution >= 4 is 44.1 Å². The number of hydrogen-bond donors (Lipinski definition) is 1. The van der Waals surface area contributed by atoms with Gasteiger partial charge in [0.15, 0.2) is 16.6 Å². The van der Waals surface area contributed by atoms with Gasteiger partial charge < -0.3 is 19.3 Å². The molecule has 8 nitrogen and oxygen atoms in total. The molecule has 4 aromatic rings. The summed E-state index contributed by atoms with van der Waals surface area (Å²) in [4.78, 5) is 33.6. The van der Waals surface area contributed by atoms with E-state index in [2.05, 4.69) is 0 Å². The molecule has 42 heavy (non-hydrogen) atoms. The Kier molecular flexibility index (Phi) is 7.36. The van der Waals surface area contributed by atoms with Crippen LogP contribution in [0.15, 0.2) is 60.2 Å². The van der Waals surface area contributed by atoms with Crippen LogP contribution in [0.3, 0.4) is 0 Å². The van der Waals surface area contributed by atoms with Crippen molar-refractivity contribution in [3.8, 4) is 17.2 Å². The van der Waals surface area contributed by atoms with Gasteiger partial charge in [-0.2, -0.15) is 0 Å². The van der Waals surface area contributed by atoms with Gasteiger partial charge in [0.1, 0.15) is 17.6 Å². The van der Waals surface area contributed by atoms with Crippen molar-refractivity contribution in [3.63, 3.8) is 0 Å². The predicted molar refractivity (Wildman–Crippen MR) is 163 cm³/mol. The van der Waals surface area contributed by atoms with Gasteiger partial charge in [0.25, 0.3) is 5.78 Å². The topological polar surface area (TPSA) is 98.2 Å². The van der Waals surface area contributed by atoms with Crippen LogP contribution in [-0.4, -0.2) is 41.1 Å². The van der Waals surface area contributed by atoms with E-state index >= 15 is 0 Å². The number of benzene rings is 3. The SMILES string of the molecule is CCCOc1ccc(C2C(=C(O)c3ccc4c(c3)CC(C)O4)C(=O)C(=O)N2c2nc3ccc(C)cc3s2)cc1OCC. The summed E-state index contributed by atoms with van der Waals surface area (Å²) in [6.07, 6.45) is 1.54. The van der Waals surface area contributed by atoms with Crippen LogP contribution < -0.4 is 19.1 Å². The van der Waals surface area contributed by atoms with E-state index in [1.54, 1.807) is 30.3 Å². The molecule has 2 aliphatic rings. The maximum atomic E-state index is 13.8. The molecular formula is C33H32N2O6S. The summed E-state index contributed by atoms with van der Waals surface area (Å²) in [6, 6.07) is 15.6. The molecule has 9 heteroatoms. The normalized spacial score (nSPS) is 19.3. The number of hydrogen-bond acceptors (Lipinski definition) is 8. The van der Waals surface area contributed by atoms with Gasteiger partial charge >= 0.3 is 5.91 Å². The second kappa shape index (κ2) is 11.1. The number of thiazole rings is 1. The van der Waals surface area contributed by atoms with E-state index in [4.69, 9.17) is 19.2 Å². The summed E-state index contributed by atoms with van der Waals surface area (Å²) in [5.41, 5.74) is 3.77. The summed E-state index contributed by atoms with van der Waals surface area (Å²) in [7, 11) is 0. The number of carbonyl (C=O) groups is 2. The van der Waals surface area contributed by atoms with Crippen molar-refractivity contribution < 1.29 is 28.9 Å². The van der Waals surface area contributed by atoms with Gasteiger partial charge in [0.05, 0.1) is 35.0 Å². The highest BCUT2D eigenvalue weighted by Gasteiger charge is 2.48. The van der Waals surface area contributed by atoms with Crippen LogP contribution in [0.2, 0.25) is 0 Å². The fourth-order valence-electron chi connectivity index (χ4n) is 5.49. The minimum Gasteiger partial charge on any atom is -0.507 e. The molecule has 2 aliphatic heterocycles. The van der Waals surface area contributed by atoms with E-state index in [0.29, 0.717) is 47.4 Å². The quantitative estimate of drug-likeness (QED) is 0.139. The lowest BCUT2D eigenvalue weighted by atomic mass is 9.94. The lowest BCUT2D eigenvalue weighted by Gasteiger charge is -2.24. The molecule has 3 heterocycles. The van der Waals surface area contributed by atoms with E-state index in [9.17, 15) is 14.7 Å². The monoisotopic (exact) mass is 584 g/mol. The minimum absolute atomic E-state index is 0.00738. The first-order valence-electron chi connectivity index (χ1n) is 14.2. The molecule has 1 N–H and O–H groups in total. The molecule has 3 aromatic carbocycles. The highest BCUT2D eigenvalue weighted by atomic mass is 32.1. The standard InChI is InChI=1S/C33H32N2O6S/c1-5-13-40-25-12-8-20(17-26(25)39-6-2)29-28(30(36)21-9-11-24-22(16-21)15-19(4)41-24)31(37)32(38)35(29)33-34-23-10-7-18(3)14-27(23)42-33/h7-12,14,16-17,19,29,36H,5-6,13,15H2,1-4H3. The number of nitrogens with zero attached hydrogens (tertiary/aromatic N) is 2. The number of Topliss-reactive ketones (excluding diaryl/α,β-unsaturated/α-hetero) is 1. The van der Waals surface area contributed by atoms with E-state index in [0.717, 1.165) is 33.5 Å². The number of rotatable bonds is 8. The van der Waals surface area contributed by atoms with Crippen molar-refractivity contribution in [2.24, 2.45) is 0 Å². The average molecular weight is 585 g/mol. The Morgan fingerprint density at radius 3 is 2.69 bits per heavy atom. The highest BCUT2D eigenvalue weighted by molar-refractivity contribution is 7.22. The van der Waals surface area contributed by atoms with Gasteiger partial charge in [0.2, 0.25) is 0 Å². The van der Waals surface area contributed by atoms with Crippen LogP contribution >= 0.6 is 11.3 Å². The Labute approximate surface area is 248 Å². The van der Waals surface area contributed by atoms with Gasteiger partial charge in [-0.3, -0.25) is 14.5 Å². The molecule has 1 aromatic heterocycles. The van der Waals surface area contributed by atoms with E-state index in [-0.39, 0.29) is 17.4 Å². The molecule has 216 valence electrons. The number of amides is 1. The summed E-state index contributed by atoms with van der Waals surface area (Å²) in [6.45, 7) is 8.79. The van der Waals surface area contributed by atoms with Gasteiger partial charge in [-0.05, 0) is 86.3 Å². The molecule has 0 aliphatic carbocycles. The molecule has 1 saturated heterocycles. The first kappa shape index (κ1) is 27.8. The molecule has 0 saturated carbocycles. The third-order valence-corrected chi connectivity index (χ3v) is 8.42. The molecule has 2 unspecified atom stereocenters. The predicted octanol–water partition coefficient (Wildman–Crippen LogP) is 6.74. The zero-order chi connectivity index (χ0) is 29.5. The minimum atomic E-state index is -0.936. The summed E-state index contributed by atoms with van der Waals surface area (Å²) in [5.74, 6) is 0.0524. The maximum absolute atomic E-state index is 13.8. The molecular weight excluding hydrogens is 552 g/mol. The number of anilines is 1. The number of ketones is 1. The maximum Gasteiger partial charge on any atom is 0.301 e. The molecule has 1 amide bonds. The molecule has 2 atom stereocenters. The van der Waals surface area contributed by atoms with Gasteiger partial charge in [0, 0.05) is 12.0 Å². The number of ether oxygens (including phenoxy) is 3. The fraction of sp³-hybridized carbons (Fsp3) is 0.303. The molecule has 0 spiro atoms. The van der Waals surface area contributed by atoms with Crippen molar-refractivity contribution in [2.75, 3.05) is 18.1 Å². The number of aliphatic hydroxyl groups excluding tert-OH is 1. The summed E-state index contributed by atoms with van der Waals surface area (Å²) in [5, 5.41) is 12.1. The second-order valence-corrected chi connectivity index (χ2v) is 11.6. The Morgan fingerprint density at radius 2 is 1.90 bits per heavy atom. The van der Waals surface area contributed by atoms with Crippen LogP contribution in [0.5, 0.6) is 17.2 Å². The smallest absolute Gasteiger partial charge is 0.301 e. The first-order chi connectivity index (χ1) is 20.3. The van der Waals surface area contributed by atoms with Crippen molar-refractivity contribution in [2.45, 2.75) is 52.7 Å². The van der Waals surface area contributed by atoms with E-state index in [1.807, 2.05) is 52.0 Å². The van der Waals surface area contributed by atoms with Gasteiger partial charge in [-0.25, -0.2) is 4.98 Å². The summed E-state index contributed by atoms with van der Waals surface area (Å²) >= 11 is 1.33. The van der Waals surface area contributed by atoms with Crippen LogP contribution in [0.1, 0.15) is 55.5 Å². The lowest BCUT2D eigenvalue weighted by molar-refractivity contribution is -0.132. The second-order valence-electron chi connectivity index (χ2n) is 10.6. The van der Waals surface area contributed by atoms with Crippen molar-refractivity contribution in [1.82, 2.24) is 4.98 Å². The number of aryl methyl sites for hydroxylation is 1. The fourth-order valence-corrected chi connectivity index (χ4v) is 6.58. The Hall–Kier alpha value is -4.37. The van der Waals surface area contributed by atoms with Gasteiger partial charge in [-0.15, -0.1) is 0 Å². The van der Waals surface area contributed by atoms with E-state index < -0.39 is 17.7 Å². The van der Waals surface area contributed by atoms with E-state index in [1.165, 1.54) is 16.2 Å². The van der Waals surface area contributed by atoms with Crippen molar-refractivity contribution in [1.29, 1.82) is 0 Å². The number of aliphatic hydroxyl groups is 1. The number of carbonyl (C=O) groups excluding carboxylic acids is 2.